The Morgan fingerprint density at radius 1 is 1.56 bits per heavy atom. The molecule has 100 valence electrons. The third kappa shape index (κ3) is 3.26. The van der Waals surface area contributed by atoms with Gasteiger partial charge < -0.3 is 15.2 Å². The van der Waals surface area contributed by atoms with E-state index in [9.17, 15) is 0 Å². The van der Waals surface area contributed by atoms with Gasteiger partial charge in [-0.15, -0.1) is 11.3 Å². The van der Waals surface area contributed by atoms with Crippen LogP contribution in [0.25, 0.3) is 0 Å². The number of amidine groups is 1. The fourth-order valence-corrected chi connectivity index (χ4v) is 2.83. The molecule has 18 heavy (non-hydrogen) atoms. The summed E-state index contributed by atoms with van der Waals surface area (Å²) in [5.41, 5.74) is 6.32. The Morgan fingerprint density at radius 2 is 2.28 bits per heavy atom. The molecule has 1 aromatic rings. The van der Waals surface area contributed by atoms with Gasteiger partial charge >= 0.3 is 0 Å². The topological polar surface area (TPSA) is 84.5 Å². The molecule has 1 fully saturated rings. The van der Waals surface area contributed by atoms with Gasteiger partial charge in [0.1, 0.15) is 10.8 Å². The van der Waals surface area contributed by atoms with Crippen molar-refractivity contribution in [3.63, 3.8) is 0 Å². The molecule has 6 nitrogen and oxygen atoms in total. The van der Waals surface area contributed by atoms with Crippen LogP contribution in [0.15, 0.2) is 0 Å². The molecule has 0 aromatic carbocycles. The predicted octanol–water partition coefficient (Wildman–Crippen LogP) is 0.406. The molecule has 0 spiro atoms. The Bertz CT molecular complexity index is 415. The molecular formula is C11H18N4O2S. The van der Waals surface area contributed by atoms with E-state index in [1.165, 1.54) is 11.3 Å². The number of nitrogens with one attached hydrogen (secondary N) is 1. The minimum Gasteiger partial charge on any atom is -0.383 e. The van der Waals surface area contributed by atoms with Gasteiger partial charge in [0, 0.05) is 20.2 Å². The van der Waals surface area contributed by atoms with Gasteiger partial charge in [-0.1, -0.05) is 0 Å². The summed E-state index contributed by atoms with van der Waals surface area (Å²) in [4.78, 5) is 7.52. The number of hydrogen-bond donors (Lipinski definition) is 2. The maximum absolute atomic E-state index is 7.55. The first-order chi connectivity index (χ1) is 8.70. The molecule has 2 rings (SSSR count). The Kier molecular flexibility index (Phi) is 4.65. The zero-order valence-electron chi connectivity index (χ0n) is 10.4. The van der Waals surface area contributed by atoms with E-state index < -0.39 is 0 Å². The van der Waals surface area contributed by atoms with Gasteiger partial charge in [-0.05, 0) is 0 Å². The van der Waals surface area contributed by atoms with E-state index in [1.807, 2.05) is 0 Å². The van der Waals surface area contributed by atoms with Crippen molar-refractivity contribution in [3.05, 3.63) is 15.6 Å². The fraction of sp³-hybridized carbons (Fsp3) is 0.636. The van der Waals surface area contributed by atoms with Crippen LogP contribution < -0.4 is 5.73 Å². The maximum atomic E-state index is 7.55. The number of nitrogen functional groups attached to an aromatic ring is 1. The average Bonchev–Trinajstić information content (AvgIpc) is 2.74. The minimum absolute atomic E-state index is 0.0628. The number of nitrogens with zero attached hydrogens (tertiary/aromatic N) is 2. The van der Waals surface area contributed by atoms with Crippen LogP contribution in [0, 0.1) is 5.41 Å². The first kappa shape index (κ1) is 13.4. The molecule has 0 bridgehead atoms. The second-order valence-corrected chi connectivity index (χ2v) is 5.20. The van der Waals surface area contributed by atoms with E-state index in [1.54, 1.807) is 7.11 Å². The van der Waals surface area contributed by atoms with Crippen molar-refractivity contribution in [2.45, 2.75) is 13.2 Å². The molecule has 0 saturated carbocycles. The van der Waals surface area contributed by atoms with Crippen molar-refractivity contribution < 1.29 is 9.47 Å². The van der Waals surface area contributed by atoms with Gasteiger partial charge in [0.2, 0.25) is 0 Å². The number of ether oxygens (including phenoxy) is 2. The molecule has 1 aliphatic rings. The zero-order valence-corrected chi connectivity index (χ0v) is 11.3. The van der Waals surface area contributed by atoms with Crippen LogP contribution in [0.5, 0.6) is 0 Å². The number of thiazole rings is 1. The fourth-order valence-electron chi connectivity index (χ4n) is 1.86. The smallest absolute Gasteiger partial charge is 0.135 e. The largest absolute Gasteiger partial charge is 0.383 e. The average molecular weight is 270 g/mol. The summed E-state index contributed by atoms with van der Waals surface area (Å²) in [5.74, 6) is 0.0628. The first-order valence-corrected chi connectivity index (χ1v) is 6.64. The van der Waals surface area contributed by atoms with E-state index >= 15 is 0 Å². The number of methoxy groups -OCH3 is 1. The van der Waals surface area contributed by atoms with E-state index in [4.69, 9.17) is 20.6 Å². The number of hydrogen-bond acceptors (Lipinski definition) is 6. The number of rotatable bonds is 5. The SMILES string of the molecule is COCc1nc(CN2CCOCC2)sc1C(=N)N. The lowest BCUT2D eigenvalue weighted by molar-refractivity contribution is 0.0341. The van der Waals surface area contributed by atoms with Crippen LogP contribution in [0.2, 0.25) is 0 Å². The van der Waals surface area contributed by atoms with Crippen molar-refractivity contribution in [1.82, 2.24) is 9.88 Å². The highest BCUT2D eigenvalue weighted by molar-refractivity contribution is 7.13. The highest BCUT2D eigenvalue weighted by Crippen LogP contribution is 2.20. The summed E-state index contributed by atoms with van der Waals surface area (Å²) in [6.45, 7) is 4.58. The highest BCUT2D eigenvalue weighted by atomic mass is 32.1. The quantitative estimate of drug-likeness (QED) is 0.598. The Morgan fingerprint density at radius 3 is 2.89 bits per heavy atom. The first-order valence-electron chi connectivity index (χ1n) is 5.82. The van der Waals surface area contributed by atoms with Crippen LogP contribution >= 0.6 is 11.3 Å². The Hall–Kier alpha value is -1.02. The summed E-state index contributed by atoms with van der Waals surface area (Å²) in [6.07, 6.45) is 0. The van der Waals surface area contributed by atoms with Crippen LogP contribution in [0.1, 0.15) is 15.6 Å². The van der Waals surface area contributed by atoms with Crippen molar-refractivity contribution >= 4 is 17.2 Å². The molecule has 3 N–H and O–H groups in total. The summed E-state index contributed by atoms with van der Waals surface area (Å²) in [5, 5.41) is 8.53. The molecule has 7 heteroatoms. The molecule has 1 saturated heterocycles. The third-order valence-electron chi connectivity index (χ3n) is 2.73. The van der Waals surface area contributed by atoms with Crippen molar-refractivity contribution in [1.29, 1.82) is 5.41 Å². The monoisotopic (exact) mass is 270 g/mol. The van der Waals surface area contributed by atoms with Gasteiger partial charge in [0.25, 0.3) is 0 Å². The second-order valence-electron chi connectivity index (χ2n) is 4.12. The predicted molar refractivity (Wildman–Crippen MR) is 69.9 cm³/mol. The van der Waals surface area contributed by atoms with Crippen molar-refractivity contribution in [3.8, 4) is 0 Å². The van der Waals surface area contributed by atoms with Crippen molar-refractivity contribution in [2.24, 2.45) is 5.73 Å². The van der Waals surface area contributed by atoms with Crippen LogP contribution in [0.3, 0.4) is 0 Å². The molecular weight excluding hydrogens is 252 g/mol. The van der Waals surface area contributed by atoms with Crippen LogP contribution in [-0.2, 0) is 22.6 Å². The van der Waals surface area contributed by atoms with Gasteiger partial charge in [0.05, 0.1) is 36.9 Å². The van der Waals surface area contributed by atoms with Gasteiger partial charge in [-0.2, -0.15) is 0 Å². The number of nitrogens with two attached hydrogens (primary N) is 1. The van der Waals surface area contributed by atoms with Crippen LogP contribution in [-0.4, -0.2) is 49.1 Å². The van der Waals surface area contributed by atoms with Gasteiger partial charge in [-0.25, -0.2) is 4.98 Å². The third-order valence-corrected chi connectivity index (χ3v) is 3.85. The molecule has 0 atom stereocenters. The molecule has 1 aromatic heterocycles. The molecule has 0 radical (unpaired) electrons. The molecule has 2 heterocycles. The van der Waals surface area contributed by atoms with Crippen molar-refractivity contribution in [2.75, 3.05) is 33.4 Å². The minimum atomic E-state index is 0.0628. The summed E-state index contributed by atoms with van der Waals surface area (Å²) >= 11 is 1.48. The summed E-state index contributed by atoms with van der Waals surface area (Å²) in [6, 6.07) is 0. The summed E-state index contributed by atoms with van der Waals surface area (Å²) in [7, 11) is 1.62. The van der Waals surface area contributed by atoms with Gasteiger partial charge in [0.15, 0.2) is 0 Å². The summed E-state index contributed by atoms with van der Waals surface area (Å²) < 4.78 is 10.4. The number of morpholine rings is 1. The van der Waals surface area contributed by atoms with E-state index in [2.05, 4.69) is 9.88 Å². The van der Waals surface area contributed by atoms with E-state index in [0.29, 0.717) is 6.61 Å². The second kappa shape index (κ2) is 6.24. The van der Waals surface area contributed by atoms with Crippen LogP contribution in [0.4, 0.5) is 0 Å². The van der Waals surface area contributed by atoms with Gasteiger partial charge in [-0.3, -0.25) is 10.3 Å². The molecule has 0 amide bonds. The lowest BCUT2D eigenvalue weighted by Crippen LogP contribution is -2.35. The molecule has 0 unspecified atom stereocenters. The molecule has 0 aliphatic carbocycles. The maximum Gasteiger partial charge on any atom is 0.135 e. The molecule has 1 aliphatic heterocycles. The normalized spacial score (nSPS) is 16.9. The lowest BCUT2D eigenvalue weighted by atomic mass is 10.3. The Labute approximate surface area is 110 Å². The van der Waals surface area contributed by atoms with E-state index in [0.717, 1.165) is 48.4 Å². The standard InChI is InChI=1S/C11H18N4O2S/c1-16-7-8-10(11(12)13)18-9(14-8)6-15-2-4-17-5-3-15/h2-7H2,1H3,(H3,12,13). The highest BCUT2D eigenvalue weighted by Gasteiger charge is 2.17. The Balaban J connectivity index is 2.07. The van der Waals surface area contributed by atoms with E-state index in [-0.39, 0.29) is 5.84 Å². The number of aromatic nitrogens is 1. The lowest BCUT2D eigenvalue weighted by Gasteiger charge is -2.25. The zero-order chi connectivity index (χ0) is 13.0.